The van der Waals surface area contributed by atoms with E-state index in [1.165, 1.54) is 0 Å². The van der Waals surface area contributed by atoms with E-state index in [1.807, 2.05) is 18.2 Å². The Morgan fingerprint density at radius 1 is 1.37 bits per heavy atom. The molecule has 0 fully saturated rings. The number of benzene rings is 1. The first-order valence-electron chi connectivity index (χ1n) is 6.20. The maximum Gasteiger partial charge on any atom is 0.175 e. The fourth-order valence-electron chi connectivity index (χ4n) is 1.41. The molecule has 0 saturated carbocycles. The number of rotatable bonds is 6. The van der Waals surface area contributed by atoms with Crippen LogP contribution in [0.15, 0.2) is 34.8 Å². The molecule has 3 nitrogen and oxygen atoms in total. The molecule has 0 radical (unpaired) electrons. The van der Waals surface area contributed by atoms with Crippen LogP contribution in [0.2, 0.25) is 0 Å². The summed E-state index contributed by atoms with van der Waals surface area (Å²) in [5.74, 6) is 1.42. The van der Waals surface area contributed by atoms with E-state index in [9.17, 15) is 0 Å². The molecule has 1 N–H and O–H groups in total. The third-order valence-corrected chi connectivity index (χ3v) is 3.06. The smallest absolute Gasteiger partial charge is 0.175 e. The fraction of sp³-hybridized carbons (Fsp3) is 0.467. The van der Waals surface area contributed by atoms with Crippen molar-refractivity contribution in [1.29, 1.82) is 0 Å². The van der Waals surface area contributed by atoms with Crippen LogP contribution in [0.3, 0.4) is 0 Å². The Morgan fingerprint density at radius 2 is 2.05 bits per heavy atom. The van der Waals surface area contributed by atoms with Crippen LogP contribution in [-0.4, -0.2) is 25.8 Å². The molecule has 106 valence electrons. The number of hydrogen-bond donors (Lipinski definition) is 1. The number of nitrogens with one attached hydrogen (secondary N) is 1. The third kappa shape index (κ3) is 5.66. The van der Waals surface area contributed by atoms with Crippen molar-refractivity contribution < 1.29 is 9.47 Å². The van der Waals surface area contributed by atoms with E-state index >= 15 is 0 Å². The second-order valence-corrected chi connectivity index (χ2v) is 6.27. The molecule has 0 bridgehead atoms. The van der Waals surface area contributed by atoms with Gasteiger partial charge < -0.3 is 14.8 Å². The van der Waals surface area contributed by atoms with Crippen LogP contribution in [0, 0.1) is 0 Å². The van der Waals surface area contributed by atoms with Gasteiger partial charge in [0.2, 0.25) is 0 Å². The van der Waals surface area contributed by atoms with Crippen LogP contribution in [0.1, 0.15) is 20.8 Å². The Bertz CT molecular complexity index is 438. The van der Waals surface area contributed by atoms with Crippen molar-refractivity contribution in [3.8, 4) is 11.5 Å². The summed E-state index contributed by atoms with van der Waals surface area (Å²) in [6.07, 6.45) is 0. The summed E-state index contributed by atoms with van der Waals surface area (Å²) in [5.41, 5.74) is 1.07. The summed E-state index contributed by atoms with van der Waals surface area (Å²) in [5, 5.41) is 3.38. The highest BCUT2D eigenvalue weighted by molar-refractivity contribution is 9.10. The number of halogens is 1. The molecule has 0 atom stereocenters. The molecule has 1 rings (SSSR count). The summed E-state index contributed by atoms with van der Waals surface area (Å²) in [7, 11) is 1.63. The molecule has 19 heavy (non-hydrogen) atoms. The Morgan fingerprint density at radius 3 is 2.63 bits per heavy atom. The summed E-state index contributed by atoms with van der Waals surface area (Å²) in [6.45, 7) is 11.6. The van der Waals surface area contributed by atoms with Crippen LogP contribution in [0.5, 0.6) is 11.5 Å². The van der Waals surface area contributed by atoms with Gasteiger partial charge in [-0.15, -0.1) is 0 Å². The van der Waals surface area contributed by atoms with E-state index in [2.05, 4.69) is 48.6 Å². The monoisotopic (exact) mass is 327 g/mol. The maximum atomic E-state index is 5.77. The van der Waals surface area contributed by atoms with Gasteiger partial charge in [-0.25, -0.2) is 0 Å². The Labute approximate surface area is 124 Å². The van der Waals surface area contributed by atoms with Gasteiger partial charge in [-0.2, -0.15) is 0 Å². The van der Waals surface area contributed by atoms with Crippen molar-refractivity contribution in [3.05, 3.63) is 34.8 Å². The lowest BCUT2D eigenvalue weighted by atomic mass is 10.1. The lowest BCUT2D eigenvalue weighted by Gasteiger charge is -2.21. The van der Waals surface area contributed by atoms with Crippen LogP contribution >= 0.6 is 15.9 Å². The Balaban J connectivity index is 2.55. The van der Waals surface area contributed by atoms with E-state index in [4.69, 9.17) is 9.47 Å². The summed E-state index contributed by atoms with van der Waals surface area (Å²) in [6, 6.07) is 5.70. The minimum atomic E-state index is 0.0773. The first-order chi connectivity index (χ1) is 8.83. The van der Waals surface area contributed by atoms with Crippen molar-refractivity contribution in [2.75, 3.05) is 20.3 Å². The molecule has 0 heterocycles. The highest BCUT2D eigenvalue weighted by atomic mass is 79.9. The van der Waals surface area contributed by atoms with Gasteiger partial charge in [0.05, 0.1) is 11.6 Å². The Kier molecular flexibility index (Phi) is 5.88. The zero-order valence-electron chi connectivity index (χ0n) is 12.0. The predicted molar refractivity (Wildman–Crippen MR) is 83.1 cm³/mol. The van der Waals surface area contributed by atoms with E-state index in [0.29, 0.717) is 18.1 Å². The van der Waals surface area contributed by atoms with Crippen LogP contribution in [-0.2, 0) is 0 Å². The molecular formula is C15H22BrNO2. The topological polar surface area (TPSA) is 30.5 Å². The zero-order valence-corrected chi connectivity index (χ0v) is 13.6. The van der Waals surface area contributed by atoms with Crippen molar-refractivity contribution >= 4 is 15.9 Å². The summed E-state index contributed by atoms with van der Waals surface area (Å²) >= 11 is 3.46. The quantitative estimate of drug-likeness (QED) is 0.806. The van der Waals surface area contributed by atoms with Crippen LogP contribution < -0.4 is 14.8 Å². The van der Waals surface area contributed by atoms with E-state index in [-0.39, 0.29) is 5.54 Å². The molecule has 0 amide bonds. The van der Waals surface area contributed by atoms with Gasteiger partial charge in [0, 0.05) is 12.1 Å². The van der Waals surface area contributed by atoms with Gasteiger partial charge in [-0.05, 0) is 54.4 Å². The third-order valence-electron chi connectivity index (χ3n) is 2.44. The zero-order chi connectivity index (χ0) is 14.5. The second kappa shape index (κ2) is 6.96. The molecule has 1 aromatic rings. The van der Waals surface area contributed by atoms with Crippen molar-refractivity contribution in [2.45, 2.75) is 26.3 Å². The minimum Gasteiger partial charge on any atom is -0.493 e. The van der Waals surface area contributed by atoms with Gasteiger partial charge >= 0.3 is 0 Å². The standard InChI is InChI=1S/C15H22BrNO2/c1-11(9-17-15(2,3)4)10-19-14-12(16)7-6-8-13(14)18-5/h6-8,17H,1,9-10H2,2-5H3. The van der Waals surface area contributed by atoms with Gasteiger partial charge in [-0.1, -0.05) is 12.6 Å². The van der Waals surface area contributed by atoms with Gasteiger partial charge in [0.15, 0.2) is 11.5 Å². The van der Waals surface area contributed by atoms with Crippen molar-refractivity contribution in [2.24, 2.45) is 0 Å². The molecule has 0 aliphatic heterocycles. The average molecular weight is 328 g/mol. The number of para-hydroxylation sites is 1. The lowest BCUT2D eigenvalue weighted by molar-refractivity contribution is 0.312. The molecule has 0 unspecified atom stereocenters. The normalized spacial score (nSPS) is 11.2. The maximum absolute atomic E-state index is 5.77. The molecule has 0 aliphatic carbocycles. The summed E-state index contributed by atoms with van der Waals surface area (Å²) in [4.78, 5) is 0. The largest absolute Gasteiger partial charge is 0.493 e. The van der Waals surface area contributed by atoms with Gasteiger partial charge in [0.25, 0.3) is 0 Å². The Hall–Kier alpha value is -1.00. The van der Waals surface area contributed by atoms with E-state index < -0.39 is 0 Å². The molecule has 0 spiro atoms. The predicted octanol–water partition coefficient (Wildman–Crippen LogP) is 3.78. The highest BCUT2D eigenvalue weighted by Gasteiger charge is 2.11. The SMILES string of the molecule is C=C(CNC(C)(C)C)COc1c(Br)cccc1OC. The number of hydrogen-bond acceptors (Lipinski definition) is 3. The second-order valence-electron chi connectivity index (χ2n) is 5.41. The molecular weight excluding hydrogens is 306 g/mol. The molecule has 0 aliphatic rings. The van der Waals surface area contributed by atoms with E-state index in [1.54, 1.807) is 7.11 Å². The minimum absolute atomic E-state index is 0.0773. The molecule has 0 aromatic heterocycles. The molecule has 1 aromatic carbocycles. The molecule has 4 heteroatoms. The average Bonchev–Trinajstić information content (AvgIpc) is 2.33. The highest BCUT2D eigenvalue weighted by Crippen LogP contribution is 2.34. The van der Waals surface area contributed by atoms with Crippen molar-refractivity contribution in [3.63, 3.8) is 0 Å². The van der Waals surface area contributed by atoms with Crippen LogP contribution in [0.4, 0.5) is 0 Å². The van der Waals surface area contributed by atoms with E-state index in [0.717, 1.165) is 16.6 Å². The van der Waals surface area contributed by atoms with Gasteiger partial charge in [0.1, 0.15) is 6.61 Å². The molecule has 0 saturated heterocycles. The lowest BCUT2D eigenvalue weighted by Crippen LogP contribution is -2.37. The number of ether oxygens (including phenoxy) is 2. The first kappa shape index (κ1) is 16.1. The fourth-order valence-corrected chi connectivity index (χ4v) is 1.87. The first-order valence-corrected chi connectivity index (χ1v) is 7.00. The number of methoxy groups -OCH3 is 1. The van der Waals surface area contributed by atoms with Gasteiger partial charge in [-0.3, -0.25) is 0 Å². The van der Waals surface area contributed by atoms with Crippen LogP contribution in [0.25, 0.3) is 0 Å². The summed E-state index contributed by atoms with van der Waals surface area (Å²) < 4.78 is 11.9. The van der Waals surface area contributed by atoms with Crippen molar-refractivity contribution in [1.82, 2.24) is 5.32 Å².